The van der Waals surface area contributed by atoms with Crippen LogP contribution in [0.25, 0.3) is 0 Å². The molecule has 0 unspecified atom stereocenters. The molecule has 1 N–H and O–H groups in total. The fraction of sp³-hybridized carbons (Fsp3) is 0.545. The molecule has 0 spiro atoms. The number of piperazine rings is 1. The summed E-state index contributed by atoms with van der Waals surface area (Å²) in [6, 6.07) is 4.20. The second kappa shape index (κ2) is 6.83. The van der Waals surface area contributed by atoms with Gasteiger partial charge in [-0.2, -0.15) is 0 Å². The van der Waals surface area contributed by atoms with Gasteiger partial charge in [0, 0.05) is 26.2 Å². The number of halogens is 1. The predicted octanol–water partition coefficient (Wildman–Crippen LogP) is 1.04. The Morgan fingerprint density at radius 2 is 2.12 bits per heavy atom. The summed E-state index contributed by atoms with van der Waals surface area (Å²) in [5.41, 5.74) is 0. The van der Waals surface area contributed by atoms with E-state index in [0.29, 0.717) is 6.54 Å². The topological polar surface area (TPSA) is 35.6 Å². The van der Waals surface area contributed by atoms with E-state index in [0.717, 1.165) is 26.2 Å². The lowest BCUT2D eigenvalue weighted by Gasteiger charge is -2.35. The maximum atomic E-state index is 11.6. The van der Waals surface area contributed by atoms with Gasteiger partial charge < -0.3 is 15.1 Å². The Labute approximate surface area is 112 Å². The molecule has 1 aliphatic rings. The van der Waals surface area contributed by atoms with Crippen molar-refractivity contribution in [2.45, 2.75) is 0 Å². The SMILES string of the molecule is CNCC(=O)N1CCN(c2cccs2)CC1.Cl. The van der Waals surface area contributed by atoms with Crippen LogP contribution in [0.3, 0.4) is 0 Å². The van der Waals surface area contributed by atoms with E-state index in [9.17, 15) is 4.79 Å². The minimum absolute atomic E-state index is 0. The molecule has 1 fully saturated rings. The summed E-state index contributed by atoms with van der Waals surface area (Å²) in [5.74, 6) is 0.202. The first-order valence-corrected chi connectivity index (χ1v) is 6.40. The van der Waals surface area contributed by atoms with Gasteiger partial charge in [-0.1, -0.05) is 0 Å². The molecule has 1 aromatic rings. The summed E-state index contributed by atoms with van der Waals surface area (Å²) in [6.45, 7) is 3.99. The number of carbonyl (C=O) groups is 1. The van der Waals surface area contributed by atoms with Gasteiger partial charge in [0.25, 0.3) is 0 Å². The Morgan fingerprint density at radius 3 is 2.65 bits per heavy atom. The Hall–Kier alpha value is -0.780. The van der Waals surface area contributed by atoms with Gasteiger partial charge in [-0.15, -0.1) is 23.7 Å². The van der Waals surface area contributed by atoms with Gasteiger partial charge in [0.1, 0.15) is 0 Å². The standard InChI is InChI=1S/C11H17N3OS.ClH/c1-12-9-10(15)13-4-6-14(7-5-13)11-3-2-8-16-11;/h2-3,8,12H,4-7,9H2,1H3;1H. The molecular formula is C11H18ClN3OS. The molecule has 1 saturated heterocycles. The number of hydrogen-bond acceptors (Lipinski definition) is 4. The minimum Gasteiger partial charge on any atom is -0.360 e. The van der Waals surface area contributed by atoms with Gasteiger partial charge in [-0.25, -0.2) is 0 Å². The van der Waals surface area contributed by atoms with Crippen LogP contribution in [0.15, 0.2) is 17.5 Å². The van der Waals surface area contributed by atoms with Gasteiger partial charge in [0.15, 0.2) is 0 Å². The molecule has 0 saturated carbocycles. The molecule has 1 amide bonds. The number of amides is 1. The highest BCUT2D eigenvalue weighted by atomic mass is 35.5. The van der Waals surface area contributed by atoms with Crippen LogP contribution in [0.1, 0.15) is 0 Å². The lowest BCUT2D eigenvalue weighted by Crippen LogP contribution is -2.50. The predicted molar refractivity (Wildman–Crippen MR) is 74.3 cm³/mol. The van der Waals surface area contributed by atoms with Crippen molar-refractivity contribution in [3.8, 4) is 0 Å². The van der Waals surface area contributed by atoms with Crippen LogP contribution in [0.4, 0.5) is 5.00 Å². The summed E-state index contributed by atoms with van der Waals surface area (Å²) in [5, 5.41) is 6.30. The van der Waals surface area contributed by atoms with Crippen molar-refractivity contribution >= 4 is 34.7 Å². The van der Waals surface area contributed by atoms with E-state index in [4.69, 9.17) is 0 Å². The Balaban J connectivity index is 0.00000144. The third-order valence-corrected chi connectivity index (χ3v) is 3.71. The largest absolute Gasteiger partial charge is 0.360 e. The van der Waals surface area contributed by atoms with Gasteiger partial charge >= 0.3 is 0 Å². The van der Waals surface area contributed by atoms with Crippen molar-refractivity contribution in [1.82, 2.24) is 10.2 Å². The van der Waals surface area contributed by atoms with Crippen molar-refractivity contribution in [2.75, 3.05) is 44.7 Å². The summed E-state index contributed by atoms with van der Waals surface area (Å²) in [6.07, 6.45) is 0. The van der Waals surface area contributed by atoms with Crippen molar-refractivity contribution < 1.29 is 4.79 Å². The van der Waals surface area contributed by atoms with Crippen LogP contribution in [-0.4, -0.2) is 50.6 Å². The number of nitrogens with zero attached hydrogens (tertiary/aromatic N) is 2. The van der Waals surface area contributed by atoms with Crippen LogP contribution in [0, 0.1) is 0 Å². The first-order valence-electron chi connectivity index (χ1n) is 5.52. The summed E-state index contributed by atoms with van der Waals surface area (Å²) >= 11 is 1.76. The molecule has 0 aromatic carbocycles. The van der Waals surface area contributed by atoms with Crippen LogP contribution in [0.5, 0.6) is 0 Å². The Morgan fingerprint density at radius 1 is 1.41 bits per heavy atom. The summed E-state index contributed by atoms with van der Waals surface area (Å²) < 4.78 is 0. The molecule has 1 aromatic heterocycles. The molecular weight excluding hydrogens is 258 g/mol. The van der Waals surface area contributed by atoms with E-state index in [2.05, 4.69) is 27.7 Å². The molecule has 96 valence electrons. The fourth-order valence-corrected chi connectivity index (χ4v) is 2.67. The number of likely N-dealkylation sites (N-methyl/N-ethyl adjacent to an activating group) is 1. The van der Waals surface area contributed by atoms with Gasteiger partial charge in [0.05, 0.1) is 11.5 Å². The zero-order valence-corrected chi connectivity index (χ0v) is 11.5. The monoisotopic (exact) mass is 275 g/mol. The number of nitrogens with one attached hydrogen (secondary N) is 1. The number of hydrogen-bond donors (Lipinski definition) is 1. The number of anilines is 1. The molecule has 4 nitrogen and oxygen atoms in total. The zero-order valence-electron chi connectivity index (χ0n) is 9.89. The van der Waals surface area contributed by atoms with E-state index in [-0.39, 0.29) is 18.3 Å². The van der Waals surface area contributed by atoms with Crippen LogP contribution < -0.4 is 10.2 Å². The first kappa shape index (κ1) is 14.3. The average molecular weight is 276 g/mol. The van der Waals surface area contributed by atoms with E-state index < -0.39 is 0 Å². The first-order chi connectivity index (χ1) is 7.81. The third kappa shape index (κ3) is 3.59. The maximum Gasteiger partial charge on any atom is 0.236 e. The third-order valence-electron chi connectivity index (χ3n) is 2.78. The molecule has 0 atom stereocenters. The molecule has 0 aliphatic carbocycles. The van der Waals surface area contributed by atoms with Gasteiger partial charge in [-0.05, 0) is 24.6 Å². The second-order valence-corrected chi connectivity index (χ2v) is 4.78. The summed E-state index contributed by atoms with van der Waals surface area (Å²) in [7, 11) is 1.81. The zero-order chi connectivity index (χ0) is 11.4. The van der Waals surface area contributed by atoms with Crippen molar-refractivity contribution in [3.63, 3.8) is 0 Å². The van der Waals surface area contributed by atoms with Crippen LogP contribution >= 0.6 is 23.7 Å². The summed E-state index contributed by atoms with van der Waals surface area (Å²) in [4.78, 5) is 15.9. The second-order valence-electron chi connectivity index (χ2n) is 3.85. The number of thiophene rings is 1. The maximum absolute atomic E-state index is 11.6. The Kier molecular flexibility index (Phi) is 5.74. The molecule has 1 aliphatic heterocycles. The van der Waals surface area contributed by atoms with Crippen molar-refractivity contribution in [2.24, 2.45) is 0 Å². The van der Waals surface area contributed by atoms with Gasteiger partial charge in [-0.3, -0.25) is 4.79 Å². The minimum atomic E-state index is 0. The smallest absolute Gasteiger partial charge is 0.236 e. The lowest BCUT2D eigenvalue weighted by molar-refractivity contribution is -0.130. The fourth-order valence-electron chi connectivity index (χ4n) is 1.89. The van der Waals surface area contributed by atoms with E-state index in [1.807, 2.05) is 4.90 Å². The van der Waals surface area contributed by atoms with Crippen LogP contribution in [0.2, 0.25) is 0 Å². The normalized spacial score (nSPS) is 15.6. The highest BCUT2D eigenvalue weighted by Gasteiger charge is 2.20. The lowest BCUT2D eigenvalue weighted by atomic mass is 10.3. The Bertz CT molecular complexity index is 336. The number of rotatable bonds is 3. The van der Waals surface area contributed by atoms with Crippen LogP contribution in [-0.2, 0) is 4.79 Å². The van der Waals surface area contributed by atoms with Crippen molar-refractivity contribution in [3.05, 3.63) is 17.5 Å². The van der Waals surface area contributed by atoms with E-state index in [1.165, 1.54) is 5.00 Å². The molecule has 0 radical (unpaired) electrons. The highest BCUT2D eigenvalue weighted by Crippen LogP contribution is 2.22. The number of carbonyl (C=O) groups excluding carboxylic acids is 1. The molecule has 2 heterocycles. The molecule has 17 heavy (non-hydrogen) atoms. The molecule has 6 heteroatoms. The van der Waals surface area contributed by atoms with Gasteiger partial charge in [0.2, 0.25) is 5.91 Å². The van der Waals surface area contributed by atoms with E-state index >= 15 is 0 Å². The van der Waals surface area contributed by atoms with Crippen molar-refractivity contribution in [1.29, 1.82) is 0 Å². The quantitative estimate of drug-likeness (QED) is 0.895. The molecule has 0 bridgehead atoms. The molecule has 2 rings (SSSR count). The van der Waals surface area contributed by atoms with E-state index in [1.54, 1.807) is 18.4 Å². The highest BCUT2D eigenvalue weighted by molar-refractivity contribution is 7.14. The average Bonchev–Trinajstić information content (AvgIpc) is 2.83.